The summed E-state index contributed by atoms with van der Waals surface area (Å²) in [6.45, 7) is 10.7. The molecule has 0 fully saturated rings. The molecule has 0 spiro atoms. The summed E-state index contributed by atoms with van der Waals surface area (Å²) in [6.07, 6.45) is 1.11. The van der Waals surface area contributed by atoms with E-state index in [1.807, 2.05) is 13.8 Å². The van der Waals surface area contributed by atoms with Crippen molar-refractivity contribution in [2.45, 2.75) is 51.5 Å². The zero-order chi connectivity index (χ0) is 19.7. The molecule has 0 aliphatic carbocycles. The van der Waals surface area contributed by atoms with E-state index in [-0.39, 0.29) is 22.5 Å². The number of ether oxygens (including phenoxy) is 1. The van der Waals surface area contributed by atoms with Crippen LogP contribution in [0.5, 0.6) is 0 Å². The second-order valence-corrected chi connectivity index (χ2v) is 9.73. The highest BCUT2D eigenvalue weighted by Gasteiger charge is 2.18. The lowest BCUT2D eigenvalue weighted by molar-refractivity contribution is 0.0471. The van der Waals surface area contributed by atoms with Crippen LogP contribution in [0.25, 0.3) is 0 Å². The number of esters is 1. The van der Waals surface area contributed by atoms with Crippen molar-refractivity contribution in [3.8, 4) is 0 Å². The molecule has 0 saturated heterocycles. The number of hydrogen-bond donors (Lipinski definition) is 0. The smallest absolute Gasteiger partial charge is 0.338 e. The van der Waals surface area contributed by atoms with Gasteiger partial charge in [0.25, 0.3) is 0 Å². The van der Waals surface area contributed by atoms with Gasteiger partial charge in [0.2, 0.25) is 0 Å². The first kappa shape index (κ1) is 20.2. The van der Waals surface area contributed by atoms with E-state index in [9.17, 15) is 13.2 Å². The van der Waals surface area contributed by atoms with Crippen molar-refractivity contribution < 1.29 is 17.9 Å². The van der Waals surface area contributed by atoms with Gasteiger partial charge in [-0.25, -0.2) is 13.2 Å². The van der Waals surface area contributed by atoms with Crippen molar-refractivity contribution in [1.29, 1.82) is 0 Å². The molecule has 0 N–H and O–H groups in total. The summed E-state index contributed by atoms with van der Waals surface area (Å²) >= 11 is 0. The molecule has 0 unspecified atom stereocenters. The second-order valence-electron chi connectivity index (χ2n) is 7.71. The van der Waals surface area contributed by atoms with Crippen molar-refractivity contribution in [1.82, 2.24) is 0 Å². The molecule has 2 aromatic rings. The van der Waals surface area contributed by atoms with Gasteiger partial charge in [0.1, 0.15) is 6.61 Å². The second kappa shape index (κ2) is 7.23. The highest BCUT2D eigenvalue weighted by Crippen LogP contribution is 2.27. The Kier molecular flexibility index (Phi) is 5.61. The van der Waals surface area contributed by atoms with E-state index in [1.54, 1.807) is 12.1 Å². The Balaban J connectivity index is 2.20. The zero-order valence-corrected chi connectivity index (χ0v) is 17.0. The van der Waals surface area contributed by atoms with Gasteiger partial charge in [-0.2, -0.15) is 0 Å². The number of rotatable bonds is 4. The Morgan fingerprint density at radius 3 is 2.12 bits per heavy atom. The third kappa shape index (κ3) is 4.73. The fourth-order valence-electron chi connectivity index (χ4n) is 2.73. The van der Waals surface area contributed by atoms with Gasteiger partial charge in [-0.05, 0) is 59.7 Å². The molecule has 0 radical (unpaired) electrons. The highest BCUT2D eigenvalue weighted by atomic mass is 32.2. The average molecular weight is 375 g/mol. The van der Waals surface area contributed by atoms with E-state index >= 15 is 0 Å². The lowest BCUT2D eigenvalue weighted by atomic mass is 9.84. The Morgan fingerprint density at radius 2 is 1.62 bits per heavy atom. The average Bonchev–Trinajstić information content (AvgIpc) is 2.52. The molecule has 0 amide bonds. The van der Waals surface area contributed by atoms with E-state index in [0.29, 0.717) is 0 Å². The van der Waals surface area contributed by atoms with Crippen LogP contribution in [0.4, 0.5) is 0 Å². The normalized spacial score (nSPS) is 12.1. The molecule has 2 rings (SSSR count). The molecule has 0 atom stereocenters. The van der Waals surface area contributed by atoms with Gasteiger partial charge >= 0.3 is 5.97 Å². The van der Waals surface area contributed by atoms with Crippen molar-refractivity contribution in [2.24, 2.45) is 0 Å². The predicted molar refractivity (Wildman–Crippen MR) is 103 cm³/mol. The molecule has 0 heterocycles. The molecule has 0 aliphatic heterocycles. The largest absolute Gasteiger partial charge is 0.457 e. The molecule has 0 aromatic heterocycles. The highest BCUT2D eigenvalue weighted by molar-refractivity contribution is 7.90. The molecule has 5 heteroatoms. The van der Waals surface area contributed by atoms with Crippen LogP contribution in [-0.4, -0.2) is 20.6 Å². The van der Waals surface area contributed by atoms with E-state index in [4.69, 9.17) is 4.74 Å². The van der Waals surface area contributed by atoms with Gasteiger partial charge < -0.3 is 4.74 Å². The molecule has 0 saturated carbocycles. The number of aryl methyl sites for hydroxylation is 2. The summed E-state index contributed by atoms with van der Waals surface area (Å²) in [5, 5.41) is 0. The molecular formula is C21H26O4S. The van der Waals surface area contributed by atoms with E-state index in [2.05, 4.69) is 32.9 Å². The molecule has 140 valence electrons. The Labute approximate surface area is 156 Å². The minimum Gasteiger partial charge on any atom is -0.457 e. The summed E-state index contributed by atoms with van der Waals surface area (Å²) in [5.74, 6) is -0.533. The monoisotopic (exact) mass is 374 g/mol. The van der Waals surface area contributed by atoms with Crippen LogP contribution in [0.3, 0.4) is 0 Å². The topological polar surface area (TPSA) is 60.4 Å². The Hall–Kier alpha value is -2.14. The van der Waals surface area contributed by atoms with Crippen LogP contribution in [0.2, 0.25) is 0 Å². The first-order chi connectivity index (χ1) is 11.9. The summed E-state index contributed by atoms with van der Waals surface area (Å²) < 4.78 is 28.7. The summed E-state index contributed by atoms with van der Waals surface area (Å²) in [4.78, 5) is 12.4. The van der Waals surface area contributed by atoms with Crippen LogP contribution in [0.15, 0.2) is 41.3 Å². The van der Waals surface area contributed by atoms with Crippen LogP contribution >= 0.6 is 0 Å². The quantitative estimate of drug-likeness (QED) is 0.746. The molecule has 0 bridgehead atoms. The Bertz CT molecular complexity index is 912. The minimum atomic E-state index is -3.37. The standard InChI is InChI=1S/C21H26O4S/c1-14-10-17(21(3,4)5)11-15(2)19(14)13-25-20(22)16-8-7-9-18(12-16)26(6,23)24/h7-12H,13H2,1-6H3. The van der Waals surface area contributed by atoms with E-state index in [0.717, 1.165) is 22.9 Å². The SMILES string of the molecule is Cc1cc(C(C)(C)C)cc(C)c1COC(=O)c1cccc(S(C)(=O)=O)c1. The maximum atomic E-state index is 12.3. The molecule has 2 aromatic carbocycles. The van der Waals surface area contributed by atoms with Crippen molar-refractivity contribution in [3.05, 3.63) is 64.2 Å². The number of carbonyl (C=O) groups is 1. The van der Waals surface area contributed by atoms with E-state index in [1.165, 1.54) is 17.7 Å². The molecule has 26 heavy (non-hydrogen) atoms. The van der Waals surface area contributed by atoms with Gasteiger partial charge in [-0.15, -0.1) is 0 Å². The van der Waals surface area contributed by atoms with E-state index < -0.39 is 15.8 Å². The number of hydrogen-bond acceptors (Lipinski definition) is 4. The maximum absolute atomic E-state index is 12.3. The molecule has 4 nitrogen and oxygen atoms in total. The van der Waals surface area contributed by atoms with Crippen LogP contribution < -0.4 is 0 Å². The first-order valence-corrected chi connectivity index (χ1v) is 10.4. The molecular weight excluding hydrogens is 348 g/mol. The van der Waals surface area contributed by atoms with Crippen molar-refractivity contribution in [2.75, 3.05) is 6.26 Å². The van der Waals surface area contributed by atoms with Gasteiger partial charge in [0, 0.05) is 6.26 Å². The van der Waals surface area contributed by atoms with Gasteiger partial charge in [0.05, 0.1) is 10.5 Å². The number of carbonyl (C=O) groups excluding carboxylic acids is 1. The summed E-state index contributed by atoms with van der Waals surface area (Å²) in [5.41, 5.74) is 4.65. The fraction of sp³-hybridized carbons (Fsp3) is 0.381. The van der Waals surface area contributed by atoms with Crippen molar-refractivity contribution in [3.63, 3.8) is 0 Å². The fourth-order valence-corrected chi connectivity index (χ4v) is 3.40. The summed E-state index contributed by atoms with van der Waals surface area (Å²) in [6, 6.07) is 10.2. The third-order valence-corrected chi connectivity index (χ3v) is 5.52. The van der Waals surface area contributed by atoms with Crippen molar-refractivity contribution >= 4 is 15.8 Å². The van der Waals surface area contributed by atoms with Crippen LogP contribution in [0.1, 0.15) is 53.4 Å². The molecule has 0 aliphatic rings. The lowest BCUT2D eigenvalue weighted by Gasteiger charge is -2.22. The van der Waals surface area contributed by atoms with Gasteiger partial charge in [-0.3, -0.25) is 0 Å². The van der Waals surface area contributed by atoms with Gasteiger partial charge in [0.15, 0.2) is 9.84 Å². The number of benzene rings is 2. The van der Waals surface area contributed by atoms with Gasteiger partial charge in [-0.1, -0.05) is 39.0 Å². The lowest BCUT2D eigenvalue weighted by Crippen LogP contribution is -2.13. The zero-order valence-electron chi connectivity index (χ0n) is 16.2. The first-order valence-electron chi connectivity index (χ1n) is 8.47. The van der Waals surface area contributed by atoms with Crippen LogP contribution in [0, 0.1) is 13.8 Å². The maximum Gasteiger partial charge on any atom is 0.338 e. The predicted octanol–water partition coefficient (Wildman–Crippen LogP) is 4.36. The van der Waals surface area contributed by atoms with Crippen LogP contribution in [-0.2, 0) is 26.6 Å². The number of sulfone groups is 1. The third-order valence-electron chi connectivity index (χ3n) is 4.41. The Morgan fingerprint density at radius 1 is 1.04 bits per heavy atom. The summed E-state index contributed by atoms with van der Waals surface area (Å²) in [7, 11) is -3.37. The minimum absolute atomic E-state index is 0.0524.